The average Bonchev–Trinajstić information content (AvgIpc) is 0.715. The lowest BCUT2D eigenvalue weighted by molar-refractivity contribution is -0.249. The summed E-state index contributed by atoms with van der Waals surface area (Å²) in [6, 6.07) is 45.5. The topological polar surface area (TPSA) is 318 Å². The maximum absolute atomic E-state index is 14.5. The van der Waals surface area contributed by atoms with Gasteiger partial charge < -0.3 is 65.7 Å². The van der Waals surface area contributed by atoms with E-state index in [9.17, 15) is 59.1 Å². The number of nitrogens with one attached hydrogen (secondary N) is 5. The number of hydrogen-bond donors (Lipinski definition) is 10. The monoisotopic (exact) mass is 1300 g/mol. The Balaban J connectivity index is 0.812. The van der Waals surface area contributed by atoms with Crippen LogP contribution in [0.4, 0.5) is 10.5 Å². The predicted molar refractivity (Wildman–Crippen MR) is 354 cm³/mol. The van der Waals surface area contributed by atoms with E-state index in [2.05, 4.69) is 81.0 Å². The fourth-order valence-electron chi connectivity index (χ4n) is 12.9. The Bertz CT molecular complexity index is 3990. The molecule has 10 rings (SSSR count). The highest BCUT2D eigenvalue weighted by Gasteiger charge is 2.51. The molecule has 96 heavy (non-hydrogen) atoms. The summed E-state index contributed by atoms with van der Waals surface area (Å²) < 4.78 is 23.3. The molecule has 1 aliphatic heterocycles. The first-order chi connectivity index (χ1) is 46.3. The maximum atomic E-state index is 14.5. The molecule has 3 aliphatic rings. The molecule has 10 N–H and O–H groups in total. The Morgan fingerprint density at radius 2 is 1.40 bits per heavy atom. The lowest BCUT2D eigenvalue weighted by Gasteiger charge is -2.42. The van der Waals surface area contributed by atoms with Crippen molar-refractivity contribution in [2.75, 3.05) is 25.6 Å². The fraction of sp³-hybridized carbons (Fsp3) is 0.320. The summed E-state index contributed by atoms with van der Waals surface area (Å²) in [5.41, 5.74) is 0.749. The fourth-order valence-corrected chi connectivity index (χ4v) is 12.9. The van der Waals surface area contributed by atoms with Crippen molar-refractivity contribution in [3.63, 3.8) is 0 Å². The molecule has 1 heterocycles. The van der Waals surface area contributed by atoms with Gasteiger partial charge in [-0.2, -0.15) is 0 Å². The minimum absolute atomic E-state index is 0.000578. The number of phenols is 2. The third kappa shape index (κ3) is 15.0. The molecule has 8 atom stereocenters. The highest BCUT2D eigenvalue weighted by molar-refractivity contribution is 6.31. The SMILES string of the molecule is C#CCCC(=O)NC(Cc1ccccc1)C(=O)NC(CCCCNC(c1ccccc1)(c1ccccc1)c1ccc(C)cc1)C(=O)Nc1ccc(COC(=O)NC2CC(OC3CC(O)(C(=O)CO)Cc4c(O)c5c(c(O)c43)C(=O)c3c(OC)cccc3C5=O)OC(C)C2O)cc1. The van der Waals surface area contributed by atoms with Crippen molar-refractivity contribution < 1.29 is 78.0 Å². The number of aromatic hydroxyl groups is 2. The molecule has 0 bridgehead atoms. The number of alkyl carbamates (subject to hydrolysis) is 1. The number of aryl methyl sites for hydroxylation is 1. The molecule has 0 radical (unpaired) electrons. The Kier molecular flexibility index (Phi) is 21.9. The van der Waals surface area contributed by atoms with Crippen LogP contribution in [0, 0.1) is 19.3 Å². The molecule has 0 aromatic heterocycles. The van der Waals surface area contributed by atoms with Crippen LogP contribution < -0.4 is 31.3 Å². The van der Waals surface area contributed by atoms with Crippen LogP contribution >= 0.6 is 0 Å². The molecule has 1 saturated heterocycles. The second kappa shape index (κ2) is 30.6. The molecule has 1 fully saturated rings. The molecule has 7 aromatic rings. The second-order valence-electron chi connectivity index (χ2n) is 24.4. The van der Waals surface area contributed by atoms with Gasteiger partial charge in [-0.3, -0.25) is 34.1 Å². The van der Waals surface area contributed by atoms with E-state index in [1.54, 1.807) is 24.3 Å². The Morgan fingerprint density at radius 3 is 2.04 bits per heavy atom. The standard InChI is InChI=1S/C75H77N5O16/c1-5-6-28-60(83)78-56(38-46-19-10-7-11-20-46)72(90)79-54(26-16-17-37-76-75(48-21-12-8-13-22-48,49-23-14-9-15-24-49)50-33-29-44(2)30-34-50)71(89)77-51-35-31-47(32-36-51)43-94-73(91)80-55-39-61(95-45(3)66(55)84)96-58-41-74(92,59(82)42-81)40-53-63(58)70(88)65-64(68(53)86)67(85)52-25-18-27-57(93-4)62(52)69(65)87/h1,7-15,18-25,27,29-36,45,54-56,58,61,66,76,81,84,86,88,92H,6,16-17,26,28,37-43H2,2-4H3,(H,77,89)(H,78,83)(H,79,90)(H,80,91). The van der Waals surface area contributed by atoms with Crippen molar-refractivity contribution in [1.82, 2.24) is 21.3 Å². The zero-order valence-corrected chi connectivity index (χ0v) is 53.3. The number of terminal acetylenes is 1. The Hall–Kier alpha value is -10.1. The molecule has 7 aromatic carbocycles. The molecule has 0 spiro atoms. The molecule has 21 heteroatoms. The van der Waals surface area contributed by atoms with E-state index in [1.807, 2.05) is 73.7 Å². The van der Waals surface area contributed by atoms with Gasteiger partial charge in [-0.05, 0) is 85.7 Å². The molecule has 21 nitrogen and oxygen atoms in total. The van der Waals surface area contributed by atoms with Crippen molar-refractivity contribution in [3.05, 3.63) is 224 Å². The second-order valence-corrected chi connectivity index (χ2v) is 24.4. The van der Waals surface area contributed by atoms with Gasteiger partial charge in [-0.25, -0.2) is 4.79 Å². The van der Waals surface area contributed by atoms with Gasteiger partial charge >= 0.3 is 6.09 Å². The number of unbranched alkanes of at least 4 members (excludes halogenated alkanes) is 1. The van der Waals surface area contributed by atoms with Crippen LogP contribution in [-0.2, 0) is 58.4 Å². The number of aliphatic hydroxyl groups is 3. The van der Waals surface area contributed by atoms with Crippen LogP contribution in [0.2, 0.25) is 0 Å². The largest absolute Gasteiger partial charge is 0.507 e. The number of fused-ring (bicyclic) bond motifs is 3. The number of ketones is 3. The van der Waals surface area contributed by atoms with Crippen LogP contribution in [0.25, 0.3) is 0 Å². The van der Waals surface area contributed by atoms with Gasteiger partial charge in [0.1, 0.15) is 54.3 Å². The Labute approximate surface area is 555 Å². The van der Waals surface area contributed by atoms with Crippen LogP contribution in [0.3, 0.4) is 0 Å². The van der Waals surface area contributed by atoms with Crippen molar-refractivity contribution >= 4 is 46.9 Å². The first kappa shape index (κ1) is 68.8. The van der Waals surface area contributed by atoms with E-state index >= 15 is 0 Å². The molecule has 498 valence electrons. The van der Waals surface area contributed by atoms with Crippen LogP contribution in [0.5, 0.6) is 17.2 Å². The number of methoxy groups -OCH3 is 1. The van der Waals surface area contributed by atoms with Crippen LogP contribution in [-0.4, -0.2) is 129 Å². The number of amides is 4. The number of phenolic OH excluding ortho intramolecular Hbond substituents is 2. The minimum atomic E-state index is -2.42. The van der Waals surface area contributed by atoms with Gasteiger partial charge in [-0.1, -0.05) is 145 Å². The number of aliphatic hydroxyl groups excluding tert-OH is 2. The molecule has 2 aliphatic carbocycles. The quantitative estimate of drug-likeness (QED) is 0.0108. The van der Waals surface area contributed by atoms with E-state index in [0.29, 0.717) is 30.6 Å². The summed E-state index contributed by atoms with van der Waals surface area (Å²) in [7, 11) is 1.29. The first-order valence-corrected chi connectivity index (χ1v) is 31.8. The maximum Gasteiger partial charge on any atom is 0.407 e. The van der Waals surface area contributed by atoms with Gasteiger partial charge in [0.25, 0.3) is 0 Å². The summed E-state index contributed by atoms with van der Waals surface area (Å²) in [4.78, 5) is 96.9. The van der Waals surface area contributed by atoms with Gasteiger partial charge in [0, 0.05) is 60.9 Å². The van der Waals surface area contributed by atoms with E-state index < -0.39 is 137 Å². The van der Waals surface area contributed by atoms with E-state index in [0.717, 1.165) is 27.8 Å². The third-order valence-electron chi connectivity index (χ3n) is 17.9. The Morgan fingerprint density at radius 1 is 0.750 bits per heavy atom. The lowest BCUT2D eigenvalue weighted by Crippen LogP contribution is -2.56. The summed E-state index contributed by atoms with van der Waals surface area (Å²) in [6.45, 7) is 2.64. The van der Waals surface area contributed by atoms with E-state index in [4.69, 9.17) is 25.4 Å². The van der Waals surface area contributed by atoms with Crippen LogP contribution in [0.15, 0.2) is 158 Å². The normalized spacial score (nSPS) is 19.4. The zero-order chi connectivity index (χ0) is 68.3. The predicted octanol–water partition coefficient (Wildman–Crippen LogP) is 7.59. The van der Waals surface area contributed by atoms with E-state index in [1.165, 1.54) is 32.2 Å². The number of anilines is 1. The molecule has 8 unspecified atom stereocenters. The van der Waals surface area contributed by atoms with Gasteiger partial charge in [0.15, 0.2) is 17.9 Å². The summed E-state index contributed by atoms with van der Waals surface area (Å²) >= 11 is 0. The number of ether oxygens (including phenoxy) is 4. The molecular weight excluding hydrogens is 1230 g/mol. The van der Waals surface area contributed by atoms with E-state index in [-0.39, 0.29) is 66.7 Å². The summed E-state index contributed by atoms with van der Waals surface area (Å²) in [5.74, 6) is -3.37. The number of Topliss-reactive ketones (excluding diaryl/α,β-unsaturated/α-hetero) is 1. The van der Waals surface area contributed by atoms with Crippen molar-refractivity contribution in [2.24, 2.45) is 0 Å². The average molecular weight is 1300 g/mol. The third-order valence-corrected chi connectivity index (χ3v) is 17.9. The number of hydrogen-bond acceptors (Lipinski definition) is 17. The molecular formula is C75H77N5O16. The zero-order valence-electron chi connectivity index (χ0n) is 53.3. The highest BCUT2D eigenvalue weighted by Crippen LogP contribution is 2.53. The smallest absolute Gasteiger partial charge is 0.407 e. The minimum Gasteiger partial charge on any atom is -0.507 e. The molecule has 4 amide bonds. The number of carbonyl (C=O) groups is 7. The van der Waals surface area contributed by atoms with Gasteiger partial charge in [-0.15, -0.1) is 12.3 Å². The van der Waals surface area contributed by atoms with Gasteiger partial charge in [0.05, 0.1) is 47.6 Å². The summed E-state index contributed by atoms with van der Waals surface area (Å²) in [5, 5.41) is 72.0. The molecule has 0 saturated carbocycles. The van der Waals surface area contributed by atoms with Crippen molar-refractivity contribution in [2.45, 2.75) is 132 Å². The first-order valence-electron chi connectivity index (χ1n) is 31.8. The lowest BCUT2D eigenvalue weighted by atomic mass is 9.72. The number of benzene rings is 7. The van der Waals surface area contributed by atoms with Crippen LogP contribution in [0.1, 0.15) is 134 Å². The number of rotatable bonds is 26. The number of carbonyl (C=O) groups excluding carboxylic acids is 7. The van der Waals surface area contributed by atoms with Crippen molar-refractivity contribution in [1.29, 1.82) is 0 Å². The van der Waals surface area contributed by atoms with Crippen molar-refractivity contribution in [3.8, 4) is 29.6 Å². The highest BCUT2D eigenvalue weighted by atomic mass is 16.7. The summed E-state index contributed by atoms with van der Waals surface area (Å²) in [6.07, 6.45) is -0.806. The van der Waals surface area contributed by atoms with Gasteiger partial charge in [0.2, 0.25) is 23.5 Å².